The molecule has 13 heavy (non-hydrogen) atoms. The van der Waals surface area contributed by atoms with Crippen LogP contribution in [0.3, 0.4) is 0 Å². The smallest absolute Gasteiger partial charge is 0.255 e. The van der Waals surface area contributed by atoms with Gasteiger partial charge in [-0.05, 0) is 19.8 Å². The van der Waals surface area contributed by atoms with E-state index in [1.54, 1.807) is 18.0 Å². The molecule has 1 heterocycles. The van der Waals surface area contributed by atoms with Gasteiger partial charge in [0.15, 0.2) is 0 Å². The van der Waals surface area contributed by atoms with Crippen molar-refractivity contribution in [1.82, 2.24) is 4.98 Å². The highest BCUT2D eigenvalue weighted by Gasteiger charge is 2.00. The van der Waals surface area contributed by atoms with E-state index in [-0.39, 0.29) is 0 Å². The maximum Gasteiger partial charge on any atom is 0.255 e. The van der Waals surface area contributed by atoms with Crippen LogP contribution in [0.5, 0.6) is 0 Å². The maximum absolute atomic E-state index is 5.56. The number of alkyl halides is 1. The van der Waals surface area contributed by atoms with Crippen LogP contribution in [0.2, 0.25) is 0 Å². The van der Waals surface area contributed by atoms with Crippen molar-refractivity contribution < 1.29 is 4.42 Å². The van der Waals surface area contributed by atoms with Gasteiger partial charge >= 0.3 is 0 Å². The lowest BCUT2D eigenvalue weighted by Gasteiger charge is -1.95. The number of hydrogen-bond acceptors (Lipinski definition) is 3. The Morgan fingerprint density at radius 2 is 2.31 bits per heavy atom. The van der Waals surface area contributed by atoms with Crippen molar-refractivity contribution in [3.63, 3.8) is 0 Å². The van der Waals surface area contributed by atoms with Gasteiger partial charge in [0.2, 0.25) is 0 Å². The molecular formula is C9H14ClNOS. The van der Waals surface area contributed by atoms with Gasteiger partial charge in [0.1, 0.15) is 6.26 Å². The number of aromatic nitrogens is 1. The molecule has 0 aliphatic rings. The summed E-state index contributed by atoms with van der Waals surface area (Å²) in [6.45, 7) is 1.93. The zero-order valence-corrected chi connectivity index (χ0v) is 9.33. The SMILES string of the molecule is Cc1coc(SCCCCCCl)n1. The molecule has 1 aromatic rings. The highest BCUT2D eigenvalue weighted by molar-refractivity contribution is 7.99. The first-order valence-electron chi connectivity index (χ1n) is 4.44. The summed E-state index contributed by atoms with van der Waals surface area (Å²) in [6.07, 6.45) is 5.16. The monoisotopic (exact) mass is 219 g/mol. The number of nitrogens with zero attached hydrogens (tertiary/aromatic N) is 1. The molecule has 0 bridgehead atoms. The van der Waals surface area contributed by atoms with Gasteiger partial charge in [0.25, 0.3) is 5.22 Å². The van der Waals surface area contributed by atoms with Crippen LogP contribution in [0.4, 0.5) is 0 Å². The number of hydrogen-bond donors (Lipinski definition) is 0. The predicted octanol–water partition coefficient (Wildman–Crippen LogP) is 3.48. The van der Waals surface area contributed by atoms with E-state index in [0.717, 1.165) is 29.0 Å². The molecule has 1 rings (SSSR count). The lowest BCUT2D eigenvalue weighted by molar-refractivity contribution is 0.454. The average molecular weight is 220 g/mol. The van der Waals surface area contributed by atoms with E-state index in [9.17, 15) is 0 Å². The Kier molecular flexibility index (Phi) is 5.32. The van der Waals surface area contributed by atoms with Crippen LogP contribution in [-0.2, 0) is 0 Å². The predicted molar refractivity (Wildman–Crippen MR) is 56.5 cm³/mol. The molecule has 0 amide bonds. The number of rotatable bonds is 6. The molecular weight excluding hydrogens is 206 g/mol. The molecule has 4 heteroatoms. The number of aryl methyl sites for hydroxylation is 1. The van der Waals surface area contributed by atoms with E-state index in [1.807, 2.05) is 6.92 Å². The maximum atomic E-state index is 5.56. The minimum absolute atomic E-state index is 0.767. The first kappa shape index (κ1) is 10.9. The summed E-state index contributed by atoms with van der Waals surface area (Å²) < 4.78 is 5.20. The fraction of sp³-hybridized carbons (Fsp3) is 0.667. The van der Waals surface area contributed by atoms with Crippen LogP contribution in [-0.4, -0.2) is 16.6 Å². The van der Waals surface area contributed by atoms with Crippen LogP contribution < -0.4 is 0 Å². The first-order valence-corrected chi connectivity index (χ1v) is 5.96. The van der Waals surface area contributed by atoms with Crippen molar-refractivity contribution in [2.45, 2.75) is 31.4 Å². The third-order valence-corrected chi connectivity index (χ3v) is 2.80. The van der Waals surface area contributed by atoms with Crippen LogP contribution in [0.1, 0.15) is 25.0 Å². The van der Waals surface area contributed by atoms with E-state index < -0.39 is 0 Å². The quantitative estimate of drug-likeness (QED) is 0.416. The molecule has 0 aromatic carbocycles. The molecule has 0 aliphatic heterocycles. The van der Waals surface area contributed by atoms with Gasteiger partial charge in [-0.3, -0.25) is 0 Å². The second kappa shape index (κ2) is 6.33. The third-order valence-electron chi connectivity index (χ3n) is 1.60. The Morgan fingerprint density at radius 1 is 1.46 bits per heavy atom. The van der Waals surface area contributed by atoms with Gasteiger partial charge in [0, 0.05) is 11.6 Å². The summed E-state index contributed by atoms with van der Waals surface area (Å²) in [7, 11) is 0. The van der Waals surface area contributed by atoms with E-state index in [0.29, 0.717) is 0 Å². The zero-order valence-electron chi connectivity index (χ0n) is 7.75. The van der Waals surface area contributed by atoms with Crippen LogP contribution in [0, 0.1) is 6.92 Å². The standard InChI is InChI=1S/C9H14ClNOS/c1-8-7-12-9(11-8)13-6-4-2-3-5-10/h7H,2-6H2,1H3. The van der Waals surface area contributed by atoms with Crippen molar-refractivity contribution >= 4 is 23.4 Å². The van der Waals surface area contributed by atoms with Gasteiger partial charge < -0.3 is 4.42 Å². The van der Waals surface area contributed by atoms with E-state index >= 15 is 0 Å². The topological polar surface area (TPSA) is 26.0 Å². The number of thioether (sulfide) groups is 1. The van der Waals surface area contributed by atoms with Gasteiger partial charge in [-0.1, -0.05) is 18.2 Å². The number of oxazole rings is 1. The molecule has 0 unspecified atom stereocenters. The number of halogens is 1. The normalized spacial score (nSPS) is 10.6. The van der Waals surface area contributed by atoms with Crippen molar-refractivity contribution in [2.75, 3.05) is 11.6 Å². The molecule has 0 aliphatic carbocycles. The largest absolute Gasteiger partial charge is 0.440 e. The molecule has 0 fully saturated rings. The highest BCUT2D eigenvalue weighted by Crippen LogP contribution is 2.18. The summed E-state index contributed by atoms with van der Waals surface area (Å²) in [4.78, 5) is 4.20. The molecule has 0 saturated heterocycles. The van der Waals surface area contributed by atoms with E-state index in [4.69, 9.17) is 16.0 Å². The number of unbranched alkanes of at least 4 members (excludes halogenated alkanes) is 2. The van der Waals surface area contributed by atoms with Gasteiger partial charge in [-0.2, -0.15) is 0 Å². The van der Waals surface area contributed by atoms with Crippen LogP contribution in [0.15, 0.2) is 15.9 Å². The summed E-state index contributed by atoms with van der Waals surface area (Å²) >= 11 is 7.23. The second-order valence-electron chi connectivity index (χ2n) is 2.85. The van der Waals surface area contributed by atoms with E-state index in [1.165, 1.54) is 12.8 Å². The Balaban J connectivity index is 2.06. The molecule has 74 valence electrons. The minimum atomic E-state index is 0.767. The summed E-state index contributed by atoms with van der Waals surface area (Å²) in [6, 6.07) is 0. The van der Waals surface area contributed by atoms with Crippen LogP contribution >= 0.6 is 23.4 Å². The highest BCUT2D eigenvalue weighted by atomic mass is 35.5. The zero-order chi connectivity index (χ0) is 9.52. The lowest BCUT2D eigenvalue weighted by atomic mass is 10.3. The Morgan fingerprint density at radius 3 is 2.92 bits per heavy atom. The molecule has 0 spiro atoms. The fourth-order valence-electron chi connectivity index (χ4n) is 0.931. The van der Waals surface area contributed by atoms with Crippen molar-refractivity contribution in [3.05, 3.63) is 12.0 Å². The molecule has 2 nitrogen and oxygen atoms in total. The summed E-state index contributed by atoms with van der Waals surface area (Å²) in [5, 5.41) is 0.781. The average Bonchev–Trinajstić information content (AvgIpc) is 2.51. The molecule has 0 atom stereocenters. The Bertz CT molecular complexity index is 239. The van der Waals surface area contributed by atoms with Crippen molar-refractivity contribution in [3.8, 4) is 0 Å². The second-order valence-corrected chi connectivity index (χ2v) is 4.28. The van der Waals surface area contributed by atoms with Gasteiger partial charge in [-0.25, -0.2) is 4.98 Å². The van der Waals surface area contributed by atoms with E-state index in [2.05, 4.69) is 4.98 Å². The van der Waals surface area contributed by atoms with Gasteiger partial charge in [0.05, 0.1) is 5.69 Å². The van der Waals surface area contributed by atoms with Gasteiger partial charge in [-0.15, -0.1) is 11.6 Å². The summed E-state index contributed by atoms with van der Waals surface area (Å²) in [5.41, 5.74) is 0.947. The Labute approximate surface area is 88.1 Å². The van der Waals surface area contributed by atoms with Crippen molar-refractivity contribution in [2.24, 2.45) is 0 Å². The first-order chi connectivity index (χ1) is 6.33. The minimum Gasteiger partial charge on any atom is -0.440 e. The lowest BCUT2D eigenvalue weighted by Crippen LogP contribution is -1.82. The fourth-order valence-corrected chi connectivity index (χ4v) is 1.97. The van der Waals surface area contributed by atoms with Crippen molar-refractivity contribution in [1.29, 1.82) is 0 Å². The molecule has 0 N–H and O–H groups in total. The summed E-state index contributed by atoms with van der Waals surface area (Å²) in [5.74, 6) is 1.83. The third kappa shape index (κ3) is 4.58. The molecule has 0 saturated carbocycles. The van der Waals surface area contributed by atoms with Crippen LogP contribution in [0.25, 0.3) is 0 Å². The molecule has 1 aromatic heterocycles. The Hall–Kier alpha value is -0.150. The molecule has 0 radical (unpaired) electrons.